The summed E-state index contributed by atoms with van der Waals surface area (Å²) in [6.07, 6.45) is 1.03. The van der Waals surface area contributed by atoms with E-state index in [4.69, 9.17) is 21.3 Å². The summed E-state index contributed by atoms with van der Waals surface area (Å²) in [7, 11) is 0. The topological polar surface area (TPSA) is 67.7 Å². The molecule has 3 aromatic rings. The van der Waals surface area contributed by atoms with Crippen molar-refractivity contribution in [3.05, 3.63) is 57.6 Å². The van der Waals surface area contributed by atoms with Crippen LogP contribution in [0.4, 0.5) is 10.1 Å². The number of benzene rings is 2. The first kappa shape index (κ1) is 27.1. The van der Waals surface area contributed by atoms with E-state index < -0.39 is 17.4 Å². The predicted octanol–water partition coefficient (Wildman–Crippen LogP) is 5.12. The summed E-state index contributed by atoms with van der Waals surface area (Å²) in [5.74, 6) is -0.923. The van der Waals surface area contributed by atoms with Gasteiger partial charge in [-0.25, -0.2) is 9.37 Å². The standard InChI is InChI=1S/C28H34ClFN4O3/c1-18(2)32-11-6-12-33(14-13-32)20-8-10-24-21(16-20)27(36)34(17-25(35)37-28(3,4)5)26(31-24)19-7-9-23(30)22(29)15-19/h7-10,15-16,18H,6,11-14,17H2,1-5H3. The minimum absolute atomic E-state index is 0.0948. The summed E-state index contributed by atoms with van der Waals surface area (Å²) < 4.78 is 20.6. The average molecular weight is 529 g/mol. The Morgan fingerprint density at radius 2 is 1.86 bits per heavy atom. The van der Waals surface area contributed by atoms with Crippen LogP contribution in [0, 0.1) is 5.82 Å². The van der Waals surface area contributed by atoms with E-state index in [1.165, 1.54) is 22.8 Å². The van der Waals surface area contributed by atoms with Crippen molar-refractivity contribution < 1.29 is 13.9 Å². The van der Waals surface area contributed by atoms with E-state index in [0.29, 0.717) is 22.5 Å². The Bertz CT molecular complexity index is 1370. The number of rotatable bonds is 5. The molecule has 0 aliphatic carbocycles. The van der Waals surface area contributed by atoms with Gasteiger partial charge in [0.1, 0.15) is 23.8 Å². The lowest BCUT2D eigenvalue weighted by Crippen LogP contribution is -2.35. The molecular weight excluding hydrogens is 495 g/mol. The molecule has 1 fully saturated rings. The number of fused-ring (bicyclic) bond motifs is 1. The number of hydrogen-bond donors (Lipinski definition) is 0. The van der Waals surface area contributed by atoms with Crippen LogP contribution in [0.3, 0.4) is 0 Å². The number of halogens is 2. The summed E-state index contributed by atoms with van der Waals surface area (Å²) in [6, 6.07) is 10.2. The highest BCUT2D eigenvalue weighted by molar-refractivity contribution is 6.31. The third-order valence-corrected chi connectivity index (χ3v) is 6.74. The number of hydrogen-bond acceptors (Lipinski definition) is 6. The van der Waals surface area contributed by atoms with Crippen molar-refractivity contribution in [2.75, 3.05) is 31.1 Å². The van der Waals surface area contributed by atoms with Gasteiger partial charge in [0, 0.05) is 43.5 Å². The molecule has 0 atom stereocenters. The molecule has 1 saturated heterocycles. The van der Waals surface area contributed by atoms with Gasteiger partial charge in [-0.2, -0.15) is 0 Å². The number of carbonyl (C=O) groups excluding carboxylic acids is 1. The highest BCUT2D eigenvalue weighted by atomic mass is 35.5. The van der Waals surface area contributed by atoms with Crippen molar-refractivity contribution in [3.63, 3.8) is 0 Å². The van der Waals surface area contributed by atoms with Crippen molar-refractivity contribution in [3.8, 4) is 11.4 Å². The van der Waals surface area contributed by atoms with Crippen LogP contribution in [0.2, 0.25) is 5.02 Å². The van der Waals surface area contributed by atoms with Crippen LogP contribution in [0.1, 0.15) is 41.0 Å². The van der Waals surface area contributed by atoms with E-state index in [0.717, 1.165) is 38.3 Å². The Morgan fingerprint density at radius 3 is 2.54 bits per heavy atom. The van der Waals surface area contributed by atoms with E-state index in [2.05, 4.69) is 23.6 Å². The maximum atomic E-state index is 13.9. The highest BCUT2D eigenvalue weighted by Gasteiger charge is 2.22. The molecule has 1 aliphatic heterocycles. The van der Waals surface area contributed by atoms with E-state index in [-0.39, 0.29) is 23.0 Å². The molecule has 9 heteroatoms. The normalized spacial score (nSPS) is 15.3. The summed E-state index contributed by atoms with van der Waals surface area (Å²) in [5, 5.41) is 0.311. The van der Waals surface area contributed by atoms with Crippen LogP contribution >= 0.6 is 11.6 Å². The number of esters is 1. The van der Waals surface area contributed by atoms with Gasteiger partial charge in [0.25, 0.3) is 5.56 Å². The fraction of sp³-hybridized carbons (Fsp3) is 0.464. The highest BCUT2D eigenvalue weighted by Crippen LogP contribution is 2.27. The maximum Gasteiger partial charge on any atom is 0.326 e. The third-order valence-electron chi connectivity index (χ3n) is 6.45. The van der Waals surface area contributed by atoms with Gasteiger partial charge in [0.2, 0.25) is 0 Å². The van der Waals surface area contributed by atoms with Gasteiger partial charge in [-0.1, -0.05) is 11.6 Å². The Hall–Kier alpha value is -2.97. The van der Waals surface area contributed by atoms with Gasteiger partial charge in [0.15, 0.2) is 0 Å². The first-order valence-corrected chi connectivity index (χ1v) is 13.0. The minimum Gasteiger partial charge on any atom is -0.459 e. The fourth-order valence-corrected chi connectivity index (χ4v) is 4.80. The molecule has 1 aliphatic rings. The van der Waals surface area contributed by atoms with E-state index in [9.17, 15) is 14.0 Å². The van der Waals surface area contributed by atoms with Crippen molar-refractivity contribution in [2.24, 2.45) is 0 Å². The van der Waals surface area contributed by atoms with E-state index >= 15 is 0 Å². The van der Waals surface area contributed by atoms with Gasteiger partial charge < -0.3 is 9.64 Å². The van der Waals surface area contributed by atoms with Crippen LogP contribution in [0.5, 0.6) is 0 Å². The summed E-state index contributed by atoms with van der Waals surface area (Å²) >= 11 is 6.03. The summed E-state index contributed by atoms with van der Waals surface area (Å²) in [6.45, 7) is 13.1. The second kappa shape index (κ2) is 10.8. The molecule has 0 amide bonds. The first-order chi connectivity index (χ1) is 17.4. The molecule has 0 saturated carbocycles. The Kier molecular flexibility index (Phi) is 7.90. The third kappa shape index (κ3) is 6.30. The SMILES string of the molecule is CC(C)N1CCCN(c2ccc3nc(-c4ccc(F)c(Cl)c4)n(CC(=O)OC(C)(C)C)c(=O)c3c2)CC1. The number of nitrogens with zero attached hydrogens (tertiary/aromatic N) is 4. The number of anilines is 1. The lowest BCUT2D eigenvalue weighted by molar-refractivity contribution is -0.155. The molecule has 37 heavy (non-hydrogen) atoms. The van der Waals surface area contributed by atoms with Crippen LogP contribution < -0.4 is 10.5 Å². The quantitative estimate of drug-likeness (QED) is 0.428. The molecule has 7 nitrogen and oxygen atoms in total. The number of carbonyl (C=O) groups is 1. The van der Waals surface area contributed by atoms with E-state index in [1.54, 1.807) is 20.8 Å². The zero-order chi connectivity index (χ0) is 26.9. The van der Waals surface area contributed by atoms with Gasteiger partial charge in [-0.05, 0) is 77.4 Å². The Morgan fingerprint density at radius 1 is 1.11 bits per heavy atom. The van der Waals surface area contributed by atoms with Crippen LogP contribution in [-0.4, -0.2) is 58.2 Å². The van der Waals surface area contributed by atoms with E-state index in [1.807, 2.05) is 18.2 Å². The summed E-state index contributed by atoms with van der Waals surface area (Å²) in [4.78, 5) is 36.0. The lowest BCUT2D eigenvalue weighted by atomic mass is 10.1. The minimum atomic E-state index is -0.714. The van der Waals surface area contributed by atoms with Crippen molar-refractivity contribution in [1.82, 2.24) is 14.5 Å². The second-order valence-electron chi connectivity index (χ2n) is 10.7. The molecule has 0 N–H and O–H groups in total. The first-order valence-electron chi connectivity index (χ1n) is 12.6. The smallest absolute Gasteiger partial charge is 0.326 e. The molecule has 4 rings (SSSR count). The predicted molar refractivity (Wildman–Crippen MR) is 146 cm³/mol. The largest absolute Gasteiger partial charge is 0.459 e. The van der Waals surface area contributed by atoms with Crippen LogP contribution in [0.15, 0.2) is 41.2 Å². The van der Waals surface area contributed by atoms with Crippen LogP contribution in [-0.2, 0) is 16.1 Å². The molecule has 0 unspecified atom stereocenters. The molecular formula is C28H34ClFN4O3. The lowest BCUT2D eigenvalue weighted by Gasteiger charge is -2.26. The average Bonchev–Trinajstić information content (AvgIpc) is 3.08. The molecule has 0 spiro atoms. The van der Waals surface area contributed by atoms with Crippen molar-refractivity contribution in [2.45, 2.75) is 59.2 Å². The summed E-state index contributed by atoms with van der Waals surface area (Å²) in [5.41, 5.74) is 0.779. The molecule has 198 valence electrons. The van der Waals surface area contributed by atoms with Crippen LogP contribution in [0.25, 0.3) is 22.3 Å². The Balaban J connectivity index is 1.79. The number of ether oxygens (including phenoxy) is 1. The maximum absolute atomic E-state index is 13.9. The van der Waals surface area contributed by atoms with Gasteiger partial charge in [0.05, 0.1) is 15.9 Å². The molecule has 2 heterocycles. The van der Waals surface area contributed by atoms with Gasteiger partial charge in [-0.15, -0.1) is 0 Å². The molecule has 0 bridgehead atoms. The van der Waals surface area contributed by atoms with Gasteiger partial charge in [-0.3, -0.25) is 19.1 Å². The monoisotopic (exact) mass is 528 g/mol. The Labute approximate surface area is 221 Å². The fourth-order valence-electron chi connectivity index (χ4n) is 4.62. The second-order valence-corrected chi connectivity index (χ2v) is 11.1. The molecule has 0 radical (unpaired) electrons. The van der Waals surface area contributed by atoms with Crippen molar-refractivity contribution >= 4 is 34.2 Å². The van der Waals surface area contributed by atoms with Crippen molar-refractivity contribution in [1.29, 1.82) is 0 Å². The molecule has 1 aromatic heterocycles. The molecule has 2 aromatic carbocycles. The number of aromatic nitrogens is 2. The zero-order valence-corrected chi connectivity index (χ0v) is 22.8. The van der Waals surface area contributed by atoms with Gasteiger partial charge >= 0.3 is 5.97 Å². The zero-order valence-electron chi connectivity index (χ0n) is 22.1.